The van der Waals surface area contributed by atoms with Gasteiger partial charge in [0, 0.05) is 43.7 Å². The number of nitrogens with zero attached hydrogens (tertiary/aromatic N) is 4. The van der Waals surface area contributed by atoms with Crippen molar-refractivity contribution in [2.75, 3.05) is 33.2 Å². The summed E-state index contributed by atoms with van der Waals surface area (Å²) < 4.78 is 1.55. The molecule has 1 fully saturated rings. The average molecular weight is 403 g/mol. The molecular weight excluding hydrogens is 378 g/mol. The van der Waals surface area contributed by atoms with Crippen LogP contribution in [0.4, 0.5) is 0 Å². The highest BCUT2D eigenvalue weighted by molar-refractivity contribution is 5.92. The van der Waals surface area contributed by atoms with Gasteiger partial charge in [0.25, 0.3) is 0 Å². The molecule has 3 heterocycles. The molecule has 0 radical (unpaired) electrons. The van der Waals surface area contributed by atoms with Crippen LogP contribution in [-0.2, 0) is 6.54 Å². The van der Waals surface area contributed by atoms with Crippen molar-refractivity contribution in [2.24, 2.45) is 0 Å². The van der Waals surface area contributed by atoms with Crippen LogP contribution in [0.3, 0.4) is 0 Å². The summed E-state index contributed by atoms with van der Waals surface area (Å²) in [5.74, 6) is 0.207. The van der Waals surface area contributed by atoms with Crippen molar-refractivity contribution in [3.05, 3.63) is 64.1 Å². The number of aromatic hydroxyl groups is 1. The largest absolute Gasteiger partial charge is 0.507 e. The Balaban J connectivity index is 1.57. The number of phenolic OH excluding ortho intramolecular Hbond substituents is 1. The van der Waals surface area contributed by atoms with Crippen molar-refractivity contribution < 1.29 is 5.11 Å². The number of aromatic nitrogens is 3. The molecule has 1 aliphatic rings. The molecule has 0 saturated carbocycles. The number of benzene rings is 2. The van der Waals surface area contributed by atoms with Crippen LogP contribution in [0.1, 0.15) is 11.1 Å². The van der Waals surface area contributed by atoms with Gasteiger partial charge in [0.15, 0.2) is 5.65 Å². The van der Waals surface area contributed by atoms with Crippen LogP contribution in [0.2, 0.25) is 0 Å². The number of pyridine rings is 1. The van der Waals surface area contributed by atoms with Crippen LogP contribution in [0.15, 0.2) is 47.3 Å². The normalized spacial score (nSPS) is 15.9. The van der Waals surface area contributed by atoms with Crippen LogP contribution >= 0.6 is 0 Å². The Kier molecular flexibility index (Phi) is 4.56. The molecule has 2 aromatic carbocycles. The number of hydrogen-bond donors (Lipinski definition) is 2. The second-order valence-electron chi connectivity index (χ2n) is 8.22. The highest BCUT2D eigenvalue weighted by Gasteiger charge is 2.16. The summed E-state index contributed by atoms with van der Waals surface area (Å²) in [6.45, 7) is 7.13. The SMILES string of the molecule is Cc1cc2n[nH]c(=O)n2c2cc(-c3cccc(CN4CCN(C)CC4)c3)c(O)cc12. The molecule has 5 rings (SSSR count). The summed E-state index contributed by atoms with van der Waals surface area (Å²) in [4.78, 5) is 17.1. The maximum atomic E-state index is 12.3. The van der Waals surface area contributed by atoms with Gasteiger partial charge >= 0.3 is 5.69 Å². The second-order valence-corrected chi connectivity index (χ2v) is 8.22. The van der Waals surface area contributed by atoms with Gasteiger partial charge in [0.1, 0.15) is 5.75 Å². The van der Waals surface area contributed by atoms with Crippen molar-refractivity contribution in [1.29, 1.82) is 0 Å². The molecule has 1 saturated heterocycles. The number of fused-ring (bicyclic) bond motifs is 3. The van der Waals surface area contributed by atoms with E-state index < -0.39 is 0 Å². The minimum Gasteiger partial charge on any atom is -0.507 e. The number of piperazine rings is 1. The zero-order valence-electron chi connectivity index (χ0n) is 17.2. The van der Waals surface area contributed by atoms with Crippen molar-refractivity contribution >= 4 is 16.6 Å². The summed E-state index contributed by atoms with van der Waals surface area (Å²) in [6.07, 6.45) is 0. The van der Waals surface area contributed by atoms with Gasteiger partial charge in [-0.2, -0.15) is 5.10 Å². The van der Waals surface area contributed by atoms with E-state index in [1.165, 1.54) is 5.56 Å². The molecule has 2 aromatic heterocycles. The first-order chi connectivity index (χ1) is 14.5. The summed E-state index contributed by atoms with van der Waals surface area (Å²) in [7, 11) is 2.16. The van der Waals surface area contributed by atoms with Gasteiger partial charge < -0.3 is 10.0 Å². The molecule has 7 heteroatoms. The van der Waals surface area contributed by atoms with E-state index in [-0.39, 0.29) is 11.4 Å². The Morgan fingerprint density at radius 1 is 1.10 bits per heavy atom. The quantitative estimate of drug-likeness (QED) is 0.550. The lowest BCUT2D eigenvalue weighted by molar-refractivity contribution is 0.148. The van der Waals surface area contributed by atoms with Crippen molar-refractivity contribution in [3.8, 4) is 16.9 Å². The van der Waals surface area contributed by atoms with Gasteiger partial charge in [-0.25, -0.2) is 14.3 Å². The highest BCUT2D eigenvalue weighted by Crippen LogP contribution is 2.35. The van der Waals surface area contributed by atoms with Crippen LogP contribution in [0.5, 0.6) is 5.75 Å². The molecule has 154 valence electrons. The predicted molar refractivity (Wildman–Crippen MR) is 118 cm³/mol. The number of H-pyrrole nitrogens is 1. The lowest BCUT2D eigenvalue weighted by Gasteiger charge is -2.32. The van der Waals surface area contributed by atoms with E-state index in [0.29, 0.717) is 11.2 Å². The lowest BCUT2D eigenvalue weighted by Crippen LogP contribution is -2.43. The monoisotopic (exact) mass is 403 g/mol. The fraction of sp³-hybridized carbons (Fsp3) is 0.304. The predicted octanol–water partition coefficient (Wildman–Crippen LogP) is 2.60. The minimum atomic E-state index is -0.282. The third-order valence-electron chi connectivity index (χ3n) is 6.06. The first-order valence-electron chi connectivity index (χ1n) is 10.2. The molecule has 0 bridgehead atoms. The molecule has 7 nitrogen and oxygen atoms in total. The number of hydrogen-bond acceptors (Lipinski definition) is 5. The smallest absolute Gasteiger partial charge is 0.348 e. The van der Waals surface area contributed by atoms with Gasteiger partial charge in [-0.1, -0.05) is 18.2 Å². The van der Waals surface area contributed by atoms with Gasteiger partial charge in [0.2, 0.25) is 0 Å². The van der Waals surface area contributed by atoms with E-state index in [2.05, 4.69) is 39.2 Å². The Morgan fingerprint density at radius 2 is 1.90 bits per heavy atom. The number of likely N-dealkylation sites (N-methyl/N-ethyl adjacent to an activating group) is 1. The number of rotatable bonds is 3. The molecule has 4 aromatic rings. The summed E-state index contributed by atoms with van der Waals surface area (Å²) in [6, 6.07) is 13.8. The molecular formula is C23H25N5O2. The highest BCUT2D eigenvalue weighted by atomic mass is 16.3. The van der Waals surface area contributed by atoms with Crippen molar-refractivity contribution in [2.45, 2.75) is 13.5 Å². The molecule has 1 aliphatic heterocycles. The zero-order valence-corrected chi connectivity index (χ0v) is 17.2. The van der Waals surface area contributed by atoms with Crippen molar-refractivity contribution in [1.82, 2.24) is 24.4 Å². The Labute approximate surface area is 174 Å². The Bertz CT molecular complexity index is 1300. The average Bonchev–Trinajstić information content (AvgIpc) is 3.10. The van der Waals surface area contributed by atoms with Crippen LogP contribution in [0, 0.1) is 6.92 Å². The number of nitrogens with one attached hydrogen (secondary N) is 1. The Morgan fingerprint density at radius 3 is 2.70 bits per heavy atom. The van der Waals surface area contributed by atoms with Crippen LogP contribution in [-0.4, -0.2) is 62.7 Å². The third kappa shape index (κ3) is 3.26. The fourth-order valence-electron chi connectivity index (χ4n) is 4.32. The first kappa shape index (κ1) is 18.8. The molecule has 0 spiro atoms. The summed E-state index contributed by atoms with van der Waals surface area (Å²) >= 11 is 0. The van der Waals surface area contributed by atoms with E-state index in [0.717, 1.165) is 54.8 Å². The summed E-state index contributed by atoms with van der Waals surface area (Å²) in [5, 5.41) is 18.2. The number of phenols is 1. The number of aryl methyl sites for hydroxylation is 1. The van der Waals surface area contributed by atoms with Gasteiger partial charge in [-0.15, -0.1) is 0 Å². The number of aromatic amines is 1. The van der Waals surface area contributed by atoms with E-state index in [4.69, 9.17) is 0 Å². The van der Waals surface area contributed by atoms with Crippen LogP contribution in [0.25, 0.3) is 27.7 Å². The molecule has 0 amide bonds. The third-order valence-corrected chi connectivity index (χ3v) is 6.06. The summed E-state index contributed by atoms with van der Waals surface area (Å²) in [5.41, 5.74) is 4.85. The van der Waals surface area contributed by atoms with Gasteiger partial charge in [-0.3, -0.25) is 4.90 Å². The second kappa shape index (κ2) is 7.27. The lowest BCUT2D eigenvalue weighted by atomic mass is 9.98. The first-order valence-corrected chi connectivity index (χ1v) is 10.2. The fourth-order valence-corrected chi connectivity index (χ4v) is 4.32. The molecule has 30 heavy (non-hydrogen) atoms. The van der Waals surface area contributed by atoms with Crippen molar-refractivity contribution in [3.63, 3.8) is 0 Å². The van der Waals surface area contributed by atoms with E-state index >= 15 is 0 Å². The van der Waals surface area contributed by atoms with Crippen LogP contribution < -0.4 is 5.69 Å². The van der Waals surface area contributed by atoms with E-state index in [1.54, 1.807) is 10.5 Å². The maximum Gasteiger partial charge on any atom is 0.348 e. The molecule has 2 N–H and O–H groups in total. The standard InChI is InChI=1S/C23H25N5O2/c1-15-10-22-24-25-23(30)28(22)20-12-19(21(29)13-18(15)20)17-5-3-4-16(11-17)14-27-8-6-26(2)7-9-27/h3-5,10-13,29H,6-9,14H2,1-2H3,(H,25,30). The zero-order chi connectivity index (χ0) is 20.8. The minimum absolute atomic E-state index is 0.207. The van der Waals surface area contributed by atoms with Gasteiger partial charge in [0.05, 0.1) is 5.52 Å². The van der Waals surface area contributed by atoms with E-state index in [1.807, 2.05) is 31.2 Å². The maximum absolute atomic E-state index is 12.3. The molecule has 0 aliphatic carbocycles. The Hall–Kier alpha value is -3.16. The topological polar surface area (TPSA) is 76.9 Å². The van der Waals surface area contributed by atoms with Gasteiger partial charge in [-0.05, 0) is 54.9 Å². The van der Waals surface area contributed by atoms with E-state index in [9.17, 15) is 9.90 Å². The molecule has 0 atom stereocenters. The molecule has 0 unspecified atom stereocenters.